The minimum Gasteiger partial charge on any atom is -0.481 e. The first-order chi connectivity index (χ1) is 6.11. The molecule has 74 valence electrons. The van der Waals surface area contributed by atoms with Crippen LogP contribution in [0.25, 0.3) is 0 Å². The lowest BCUT2D eigenvalue weighted by Crippen LogP contribution is -2.31. The van der Waals surface area contributed by atoms with Gasteiger partial charge >= 0.3 is 5.97 Å². The average molecular weight is 185 g/mol. The molecule has 1 aliphatic carbocycles. The van der Waals surface area contributed by atoms with E-state index in [4.69, 9.17) is 5.11 Å². The predicted molar refractivity (Wildman–Crippen MR) is 47.2 cm³/mol. The fourth-order valence-corrected chi connectivity index (χ4v) is 1.88. The highest BCUT2D eigenvalue weighted by Crippen LogP contribution is 2.31. The Morgan fingerprint density at radius 2 is 2.15 bits per heavy atom. The molecule has 0 spiro atoms. The Labute approximate surface area is 77.3 Å². The van der Waals surface area contributed by atoms with Crippen LogP contribution in [0, 0.1) is 11.8 Å². The van der Waals surface area contributed by atoms with Crippen molar-refractivity contribution in [2.75, 3.05) is 6.54 Å². The first kappa shape index (κ1) is 10.0. The van der Waals surface area contributed by atoms with Gasteiger partial charge in [-0.15, -0.1) is 0 Å². The molecule has 0 bridgehead atoms. The third-order valence-electron chi connectivity index (χ3n) is 2.59. The molecular weight excluding hydrogens is 170 g/mol. The highest BCUT2D eigenvalue weighted by Gasteiger charge is 2.32. The van der Waals surface area contributed by atoms with E-state index >= 15 is 0 Å². The Hall–Kier alpha value is -1.06. The maximum atomic E-state index is 10.7. The fraction of sp³-hybridized carbons (Fsp3) is 0.778. The van der Waals surface area contributed by atoms with Gasteiger partial charge in [0.05, 0.1) is 5.92 Å². The minimum absolute atomic E-state index is 0.0870. The number of hydrogen-bond donors (Lipinski definition) is 2. The number of nitrogens with one attached hydrogen (secondary N) is 1. The van der Waals surface area contributed by atoms with Crippen LogP contribution in [0.5, 0.6) is 0 Å². The summed E-state index contributed by atoms with van der Waals surface area (Å²) in [5.41, 5.74) is 0. The summed E-state index contributed by atoms with van der Waals surface area (Å²) in [5, 5.41) is 11.5. The molecule has 0 aromatic heterocycles. The Bertz CT molecular complexity index is 215. The largest absolute Gasteiger partial charge is 0.481 e. The fourth-order valence-electron chi connectivity index (χ4n) is 1.88. The van der Waals surface area contributed by atoms with Gasteiger partial charge in [-0.1, -0.05) is 6.42 Å². The van der Waals surface area contributed by atoms with Crippen molar-refractivity contribution in [1.82, 2.24) is 5.32 Å². The van der Waals surface area contributed by atoms with E-state index in [-0.39, 0.29) is 17.7 Å². The maximum Gasteiger partial charge on any atom is 0.306 e. The SMILES string of the molecule is CC(=O)NCC1CCCC1C(=O)O. The smallest absolute Gasteiger partial charge is 0.306 e. The third-order valence-corrected chi connectivity index (χ3v) is 2.59. The molecule has 0 radical (unpaired) electrons. The van der Waals surface area contributed by atoms with E-state index in [2.05, 4.69) is 5.32 Å². The van der Waals surface area contributed by atoms with Gasteiger partial charge in [0.15, 0.2) is 0 Å². The van der Waals surface area contributed by atoms with E-state index in [1.54, 1.807) is 0 Å². The Morgan fingerprint density at radius 3 is 2.69 bits per heavy atom. The Morgan fingerprint density at radius 1 is 1.46 bits per heavy atom. The normalized spacial score (nSPS) is 27.2. The van der Waals surface area contributed by atoms with Gasteiger partial charge in [0.25, 0.3) is 0 Å². The monoisotopic (exact) mass is 185 g/mol. The van der Waals surface area contributed by atoms with Crippen LogP contribution < -0.4 is 5.32 Å². The molecule has 0 aromatic rings. The van der Waals surface area contributed by atoms with Crippen molar-refractivity contribution in [3.05, 3.63) is 0 Å². The summed E-state index contributed by atoms with van der Waals surface area (Å²) >= 11 is 0. The van der Waals surface area contributed by atoms with Gasteiger partial charge in [-0.25, -0.2) is 0 Å². The van der Waals surface area contributed by atoms with Crippen molar-refractivity contribution >= 4 is 11.9 Å². The summed E-state index contributed by atoms with van der Waals surface area (Å²) in [6.45, 7) is 1.96. The molecule has 2 atom stereocenters. The maximum absolute atomic E-state index is 10.7. The molecule has 2 N–H and O–H groups in total. The lowest BCUT2D eigenvalue weighted by Gasteiger charge is -2.15. The zero-order chi connectivity index (χ0) is 9.84. The van der Waals surface area contributed by atoms with Crippen molar-refractivity contribution < 1.29 is 14.7 Å². The number of hydrogen-bond acceptors (Lipinski definition) is 2. The number of amides is 1. The molecule has 0 aromatic carbocycles. The lowest BCUT2D eigenvalue weighted by atomic mass is 9.96. The number of aliphatic carboxylic acids is 1. The summed E-state index contributed by atoms with van der Waals surface area (Å²) in [7, 11) is 0. The van der Waals surface area contributed by atoms with Gasteiger partial charge in [-0.3, -0.25) is 9.59 Å². The number of carbonyl (C=O) groups is 2. The van der Waals surface area contributed by atoms with E-state index in [0.717, 1.165) is 19.3 Å². The topological polar surface area (TPSA) is 66.4 Å². The van der Waals surface area contributed by atoms with Gasteiger partial charge in [-0.2, -0.15) is 0 Å². The molecule has 0 saturated heterocycles. The second kappa shape index (κ2) is 4.25. The number of rotatable bonds is 3. The summed E-state index contributed by atoms with van der Waals surface area (Å²) in [6, 6.07) is 0. The first-order valence-corrected chi connectivity index (χ1v) is 4.58. The summed E-state index contributed by atoms with van der Waals surface area (Å²) in [6.07, 6.45) is 2.62. The van der Waals surface area contributed by atoms with Crippen molar-refractivity contribution in [3.8, 4) is 0 Å². The number of carboxylic acid groups (broad SMARTS) is 1. The zero-order valence-corrected chi connectivity index (χ0v) is 7.75. The molecule has 2 unspecified atom stereocenters. The van der Waals surface area contributed by atoms with Crippen molar-refractivity contribution in [3.63, 3.8) is 0 Å². The second-order valence-electron chi connectivity index (χ2n) is 3.57. The van der Waals surface area contributed by atoms with Gasteiger partial charge in [0.1, 0.15) is 0 Å². The third kappa shape index (κ3) is 2.72. The standard InChI is InChI=1S/C9H15NO3/c1-6(11)10-5-7-3-2-4-8(7)9(12)13/h7-8H,2-5H2,1H3,(H,10,11)(H,12,13). The molecular formula is C9H15NO3. The van der Waals surface area contributed by atoms with Gasteiger partial charge < -0.3 is 10.4 Å². The van der Waals surface area contributed by atoms with Gasteiger partial charge in [-0.05, 0) is 18.8 Å². The van der Waals surface area contributed by atoms with Crippen LogP contribution in [0.15, 0.2) is 0 Å². The molecule has 0 aliphatic heterocycles. The van der Waals surface area contributed by atoms with E-state index in [9.17, 15) is 9.59 Å². The molecule has 1 saturated carbocycles. The minimum atomic E-state index is -0.729. The number of carbonyl (C=O) groups excluding carboxylic acids is 1. The van der Waals surface area contributed by atoms with Gasteiger partial charge in [0, 0.05) is 13.5 Å². The molecule has 13 heavy (non-hydrogen) atoms. The molecule has 4 nitrogen and oxygen atoms in total. The zero-order valence-electron chi connectivity index (χ0n) is 7.75. The number of carboxylic acids is 1. The second-order valence-corrected chi connectivity index (χ2v) is 3.57. The summed E-state index contributed by atoms with van der Waals surface area (Å²) in [4.78, 5) is 21.4. The molecule has 4 heteroatoms. The van der Waals surface area contributed by atoms with Crippen LogP contribution >= 0.6 is 0 Å². The quantitative estimate of drug-likeness (QED) is 0.677. The molecule has 1 rings (SSSR count). The van der Waals surface area contributed by atoms with Crippen LogP contribution in [-0.4, -0.2) is 23.5 Å². The van der Waals surface area contributed by atoms with E-state index in [0.29, 0.717) is 6.54 Å². The van der Waals surface area contributed by atoms with Crippen LogP contribution in [-0.2, 0) is 9.59 Å². The van der Waals surface area contributed by atoms with Crippen molar-refractivity contribution in [2.24, 2.45) is 11.8 Å². The van der Waals surface area contributed by atoms with Crippen molar-refractivity contribution in [2.45, 2.75) is 26.2 Å². The van der Waals surface area contributed by atoms with E-state index < -0.39 is 5.97 Å². The van der Waals surface area contributed by atoms with Crippen LogP contribution in [0.3, 0.4) is 0 Å². The van der Waals surface area contributed by atoms with Crippen LogP contribution in [0.2, 0.25) is 0 Å². The summed E-state index contributed by atoms with van der Waals surface area (Å²) < 4.78 is 0. The Balaban J connectivity index is 2.39. The van der Waals surface area contributed by atoms with Crippen LogP contribution in [0.1, 0.15) is 26.2 Å². The first-order valence-electron chi connectivity index (χ1n) is 4.58. The highest BCUT2D eigenvalue weighted by molar-refractivity contribution is 5.73. The summed E-state index contributed by atoms with van der Waals surface area (Å²) in [5.74, 6) is -0.947. The predicted octanol–water partition coefficient (Wildman–Crippen LogP) is 0.623. The molecule has 0 heterocycles. The Kier molecular flexibility index (Phi) is 3.28. The molecule has 1 fully saturated rings. The van der Waals surface area contributed by atoms with E-state index in [1.807, 2.05) is 0 Å². The highest BCUT2D eigenvalue weighted by atomic mass is 16.4. The molecule has 1 amide bonds. The lowest BCUT2D eigenvalue weighted by molar-refractivity contribution is -0.143. The average Bonchev–Trinajstić information content (AvgIpc) is 2.47. The van der Waals surface area contributed by atoms with E-state index in [1.165, 1.54) is 6.92 Å². The van der Waals surface area contributed by atoms with Crippen LogP contribution in [0.4, 0.5) is 0 Å². The molecule has 1 aliphatic rings. The van der Waals surface area contributed by atoms with Crippen molar-refractivity contribution in [1.29, 1.82) is 0 Å². The van der Waals surface area contributed by atoms with Gasteiger partial charge in [0.2, 0.25) is 5.91 Å².